The number of carbonyl (C=O) groups excluding carboxylic acids is 3. The second-order valence-corrected chi connectivity index (χ2v) is 7.49. The normalized spacial score (nSPS) is 35.2. The van der Waals surface area contributed by atoms with E-state index in [0.29, 0.717) is 6.61 Å². The van der Waals surface area contributed by atoms with Crippen molar-refractivity contribution in [2.24, 2.45) is 11.8 Å². The number of anilines is 1. The third-order valence-corrected chi connectivity index (χ3v) is 6.51. The van der Waals surface area contributed by atoms with Gasteiger partial charge < -0.3 is 10.1 Å². The molecule has 5 rings (SSSR count). The third-order valence-electron chi connectivity index (χ3n) is 6.51. The van der Waals surface area contributed by atoms with Gasteiger partial charge in [-0.15, -0.1) is 0 Å². The number of methoxy groups -OCH3 is 1. The van der Waals surface area contributed by atoms with Crippen LogP contribution in [0.15, 0.2) is 24.3 Å². The Morgan fingerprint density at radius 1 is 1.23 bits per heavy atom. The summed E-state index contributed by atoms with van der Waals surface area (Å²) in [4.78, 5) is 43.1. The Morgan fingerprint density at radius 2 is 2.04 bits per heavy atom. The molecule has 1 N–H and O–H groups in total. The van der Waals surface area contributed by atoms with E-state index in [2.05, 4.69) is 10.2 Å². The zero-order valence-electron chi connectivity index (χ0n) is 14.6. The van der Waals surface area contributed by atoms with E-state index in [4.69, 9.17) is 4.74 Å². The Hall–Kier alpha value is -2.25. The van der Waals surface area contributed by atoms with Gasteiger partial charge in [-0.05, 0) is 25.5 Å². The van der Waals surface area contributed by atoms with Crippen LogP contribution >= 0.6 is 0 Å². The summed E-state index contributed by atoms with van der Waals surface area (Å²) < 4.78 is 5.07. The lowest BCUT2D eigenvalue weighted by molar-refractivity contribution is -0.146. The molecule has 0 bridgehead atoms. The van der Waals surface area contributed by atoms with Crippen LogP contribution in [0.4, 0.5) is 5.69 Å². The molecule has 1 aromatic rings. The zero-order chi connectivity index (χ0) is 18.1. The molecule has 0 saturated carbocycles. The number of nitrogens with one attached hydrogen (secondary N) is 1. The van der Waals surface area contributed by atoms with Gasteiger partial charge in [0.2, 0.25) is 17.7 Å². The van der Waals surface area contributed by atoms with Gasteiger partial charge in [-0.25, -0.2) is 0 Å². The summed E-state index contributed by atoms with van der Waals surface area (Å²) in [6, 6.07) is 7.49. The van der Waals surface area contributed by atoms with Crippen molar-refractivity contribution >= 4 is 23.4 Å². The van der Waals surface area contributed by atoms with E-state index in [9.17, 15) is 14.4 Å². The third kappa shape index (κ3) is 1.68. The molecule has 4 aliphatic heterocycles. The number of carbonyl (C=O) groups is 3. The Bertz CT molecular complexity index is 825. The molecule has 0 unspecified atom stereocenters. The van der Waals surface area contributed by atoms with Crippen molar-refractivity contribution in [3.8, 4) is 0 Å². The average molecular weight is 355 g/mol. The molecule has 4 heterocycles. The fourth-order valence-corrected chi connectivity index (χ4v) is 5.62. The largest absolute Gasteiger partial charge is 0.383 e. The Labute approximate surface area is 151 Å². The minimum absolute atomic E-state index is 0.0547. The molecule has 0 radical (unpaired) electrons. The van der Waals surface area contributed by atoms with Crippen LogP contribution in [0.25, 0.3) is 0 Å². The number of amides is 3. The van der Waals surface area contributed by atoms with Crippen molar-refractivity contribution in [1.29, 1.82) is 0 Å². The van der Waals surface area contributed by atoms with Crippen molar-refractivity contribution in [3.63, 3.8) is 0 Å². The van der Waals surface area contributed by atoms with Crippen LogP contribution in [0, 0.1) is 11.8 Å². The highest BCUT2D eigenvalue weighted by molar-refractivity contribution is 6.15. The highest BCUT2D eigenvalue weighted by Crippen LogP contribution is 2.60. The number of benzene rings is 1. The molecule has 7 nitrogen and oxygen atoms in total. The van der Waals surface area contributed by atoms with Crippen LogP contribution in [0.2, 0.25) is 0 Å². The fourth-order valence-electron chi connectivity index (χ4n) is 5.62. The number of hydrogen-bond acceptors (Lipinski definition) is 5. The molecule has 3 saturated heterocycles. The van der Waals surface area contributed by atoms with Crippen LogP contribution in [-0.2, 0) is 24.7 Å². The number of nitrogens with zero attached hydrogens (tertiary/aromatic N) is 2. The maximum Gasteiger partial charge on any atom is 0.250 e. The molecule has 1 aromatic carbocycles. The van der Waals surface area contributed by atoms with Crippen molar-refractivity contribution in [2.45, 2.75) is 24.4 Å². The first-order valence-electron chi connectivity index (χ1n) is 9.14. The number of imide groups is 1. The Kier molecular flexibility index (Phi) is 3.30. The monoisotopic (exact) mass is 355 g/mol. The Balaban J connectivity index is 1.68. The van der Waals surface area contributed by atoms with Gasteiger partial charge in [0, 0.05) is 24.4 Å². The second kappa shape index (κ2) is 5.37. The van der Waals surface area contributed by atoms with E-state index >= 15 is 0 Å². The first-order chi connectivity index (χ1) is 12.6. The lowest BCUT2D eigenvalue weighted by Gasteiger charge is -2.36. The van der Waals surface area contributed by atoms with Crippen molar-refractivity contribution in [2.75, 3.05) is 32.1 Å². The molecule has 0 aromatic heterocycles. The van der Waals surface area contributed by atoms with Crippen LogP contribution in [0.1, 0.15) is 18.4 Å². The van der Waals surface area contributed by atoms with Crippen molar-refractivity contribution in [3.05, 3.63) is 29.8 Å². The summed E-state index contributed by atoms with van der Waals surface area (Å²) in [5.74, 6) is -1.66. The summed E-state index contributed by atoms with van der Waals surface area (Å²) in [6.07, 6.45) is 1.78. The van der Waals surface area contributed by atoms with Gasteiger partial charge >= 0.3 is 0 Å². The maximum atomic E-state index is 13.3. The number of fused-ring (bicyclic) bond motifs is 7. The smallest absolute Gasteiger partial charge is 0.250 e. The average Bonchev–Trinajstić information content (AvgIpc) is 3.33. The van der Waals surface area contributed by atoms with E-state index in [-0.39, 0.29) is 30.3 Å². The number of likely N-dealkylation sites (tertiary alicyclic amines) is 1. The minimum Gasteiger partial charge on any atom is -0.383 e. The summed E-state index contributed by atoms with van der Waals surface area (Å²) in [5, 5.41) is 2.96. The van der Waals surface area contributed by atoms with Gasteiger partial charge in [-0.1, -0.05) is 18.2 Å². The number of hydrogen-bond donors (Lipinski definition) is 1. The highest BCUT2D eigenvalue weighted by atomic mass is 16.5. The fraction of sp³-hybridized carbons (Fsp3) is 0.526. The van der Waals surface area contributed by atoms with E-state index in [1.807, 2.05) is 24.3 Å². The molecule has 7 heteroatoms. The quantitative estimate of drug-likeness (QED) is 0.802. The molecule has 4 atom stereocenters. The van der Waals surface area contributed by atoms with Gasteiger partial charge in [0.05, 0.1) is 25.0 Å². The van der Waals surface area contributed by atoms with Gasteiger partial charge in [0.15, 0.2) is 0 Å². The van der Waals surface area contributed by atoms with Crippen LogP contribution in [0.3, 0.4) is 0 Å². The summed E-state index contributed by atoms with van der Waals surface area (Å²) in [5.41, 5.74) is 0.523. The molecular formula is C19H21N3O4. The van der Waals surface area contributed by atoms with Gasteiger partial charge in [0.1, 0.15) is 5.54 Å². The first kappa shape index (κ1) is 16.0. The zero-order valence-corrected chi connectivity index (χ0v) is 14.6. The number of ether oxygens (including phenoxy) is 1. The predicted molar refractivity (Wildman–Crippen MR) is 92.1 cm³/mol. The Morgan fingerprint density at radius 3 is 2.85 bits per heavy atom. The molecule has 3 amide bonds. The van der Waals surface area contributed by atoms with Gasteiger partial charge in [-0.3, -0.25) is 24.2 Å². The predicted octanol–water partition coefficient (Wildman–Crippen LogP) is 0.560. The SMILES string of the molecule is COCCN1C(=O)[C@@H]2[C@H]3CCCN3[C@]3(C(=O)Nc4ccccc43)[C@@H]2C1=O. The molecule has 0 aliphatic carbocycles. The molecule has 1 spiro atoms. The summed E-state index contributed by atoms with van der Waals surface area (Å²) >= 11 is 0. The number of para-hydroxylation sites is 1. The van der Waals surface area contributed by atoms with Gasteiger partial charge in [0.25, 0.3) is 0 Å². The standard InChI is InChI=1S/C19H21N3O4/c1-26-10-9-21-16(23)14-13-7-4-8-22(13)19(15(14)17(21)24)11-5-2-3-6-12(11)20-18(19)25/h2-3,5-6,13-15H,4,7-10H2,1H3,(H,20,25)/t13-,14-,15+,19+/m1/s1. The summed E-state index contributed by atoms with van der Waals surface area (Å²) in [7, 11) is 1.55. The van der Waals surface area contributed by atoms with E-state index in [0.717, 1.165) is 30.6 Å². The first-order valence-corrected chi connectivity index (χ1v) is 9.14. The van der Waals surface area contributed by atoms with Gasteiger partial charge in [-0.2, -0.15) is 0 Å². The topological polar surface area (TPSA) is 79.0 Å². The van der Waals surface area contributed by atoms with Crippen LogP contribution in [-0.4, -0.2) is 60.4 Å². The summed E-state index contributed by atoms with van der Waals surface area (Å²) in [6.45, 7) is 1.28. The van der Waals surface area contributed by atoms with Crippen molar-refractivity contribution < 1.29 is 19.1 Å². The lowest BCUT2D eigenvalue weighted by Crippen LogP contribution is -2.54. The number of rotatable bonds is 3. The minimum atomic E-state index is -1.06. The molecule has 4 aliphatic rings. The second-order valence-electron chi connectivity index (χ2n) is 7.49. The van der Waals surface area contributed by atoms with Crippen LogP contribution in [0.5, 0.6) is 0 Å². The molecule has 3 fully saturated rings. The highest BCUT2D eigenvalue weighted by Gasteiger charge is 2.74. The van der Waals surface area contributed by atoms with E-state index in [1.165, 1.54) is 4.90 Å². The van der Waals surface area contributed by atoms with E-state index < -0.39 is 17.4 Å². The van der Waals surface area contributed by atoms with Crippen molar-refractivity contribution in [1.82, 2.24) is 9.80 Å². The molecular weight excluding hydrogens is 334 g/mol. The molecule has 26 heavy (non-hydrogen) atoms. The lowest BCUT2D eigenvalue weighted by atomic mass is 9.75. The van der Waals surface area contributed by atoms with Crippen LogP contribution < -0.4 is 5.32 Å². The maximum absolute atomic E-state index is 13.3. The molecule has 136 valence electrons. The van der Waals surface area contributed by atoms with E-state index in [1.54, 1.807) is 7.11 Å².